The second-order valence-electron chi connectivity index (χ2n) is 5.38. The average Bonchev–Trinajstić information content (AvgIpc) is 3.28. The molecule has 0 spiro atoms. The van der Waals surface area contributed by atoms with Gasteiger partial charge in [-0.05, 0) is 43.7 Å². The van der Waals surface area contributed by atoms with Gasteiger partial charge in [-0.25, -0.2) is 13.4 Å². The van der Waals surface area contributed by atoms with Gasteiger partial charge in [0.1, 0.15) is 10.7 Å². The van der Waals surface area contributed by atoms with Gasteiger partial charge in [-0.3, -0.25) is 0 Å². The molecular formula is C13H19N3O2S. The molecule has 0 unspecified atom stereocenters. The summed E-state index contributed by atoms with van der Waals surface area (Å²) < 4.78 is 27.0. The number of hydrogen-bond acceptors (Lipinski definition) is 4. The molecule has 0 atom stereocenters. The normalized spacial score (nSPS) is 19.7. The van der Waals surface area contributed by atoms with Crippen molar-refractivity contribution < 1.29 is 8.42 Å². The molecule has 6 heteroatoms. The van der Waals surface area contributed by atoms with Crippen LogP contribution in [0.15, 0.2) is 23.2 Å². The summed E-state index contributed by atoms with van der Waals surface area (Å²) in [5, 5.41) is 2.89. The van der Waals surface area contributed by atoms with Crippen LogP contribution in [0.3, 0.4) is 0 Å². The summed E-state index contributed by atoms with van der Waals surface area (Å²) in [6.45, 7) is 0.681. The largest absolute Gasteiger partial charge is 0.373 e. The molecule has 2 saturated carbocycles. The minimum atomic E-state index is -3.37. The maximum Gasteiger partial charge on any atom is 0.244 e. The molecule has 2 aliphatic carbocycles. The van der Waals surface area contributed by atoms with E-state index in [2.05, 4.69) is 10.3 Å². The zero-order valence-corrected chi connectivity index (χ0v) is 11.9. The maximum atomic E-state index is 12.6. The third-order valence-electron chi connectivity index (χ3n) is 3.69. The monoisotopic (exact) mass is 281 g/mol. The van der Waals surface area contributed by atoms with Crippen LogP contribution in [-0.4, -0.2) is 37.3 Å². The number of rotatable bonds is 6. The Morgan fingerprint density at radius 3 is 2.53 bits per heavy atom. The lowest BCUT2D eigenvalue weighted by Gasteiger charge is -2.21. The van der Waals surface area contributed by atoms with Gasteiger partial charge in [0.2, 0.25) is 10.0 Å². The zero-order chi connectivity index (χ0) is 13.5. The minimum Gasteiger partial charge on any atom is -0.373 e. The first-order valence-electron chi connectivity index (χ1n) is 6.77. The van der Waals surface area contributed by atoms with Gasteiger partial charge in [-0.1, -0.05) is 0 Å². The minimum absolute atomic E-state index is 0.217. The first-order chi connectivity index (χ1) is 9.11. The first-order valence-corrected chi connectivity index (χ1v) is 8.21. The highest BCUT2D eigenvalue weighted by Gasteiger charge is 2.41. The second kappa shape index (κ2) is 4.76. The molecule has 1 heterocycles. The van der Waals surface area contributed by atoms with Crippen LogP contribution >= 0.6 is 0 Å². The van der Waals surface area contributed by atoms with Crippen molar-refractivity contribution >= 4 is 15.8 Å². The van der Waals surface area contributed by atoms with Crippen molar-refractivity contribution in [3.05, 3.63) is 18.3 Å². The lowest BCUT2D eigenvalue weighted by atomic mass is 10.4. The highest BCUT2D eigenvalue weighted by molar-refractivity contribution is 7.89. The Morgan fingerprint density at radius 1 is 1.32 bits per heavy atom. The van der Waals surface area contributed by atoms with Crippen LogP contribution in [0.5, 0.6) is 0 Å². The van der Waals surface area contributed by atoms with E-state index in [4.69, 9.17) is 0 Å². The molecular weight excluding hydrogens is 262 g/mol. The number of pyridine rings is 1. The van der Waals surface area contributed by atoms with E-state index in [0.717, 1.165) is 25.7 Å². The van der Waals surface area contributed by atoms with Crippen LogP contribution in [-0.2, 0) is 10.0 Å². The summed E-state index contributed by atoms with van der Waals surface area (Å²) in [6.07, 6.45) is 5.76. The summed E-state index contributed by atoms with van der Waals surface area (Å²) >= 11 is 0. The Bertz CT molecular complexity index is 548. The van der Waals surface area contributed by atoms with Gasteiger partial charge in [0, 0.05) is 25.8 Å². The van der Waals surface area contributed by atoms with E-state index in [-0.39, 0.29) is 6.04 Å². The number of aromatic nitrogens is 1. The molecule has 19 heavy (non-hydrogen) atoms. The number of nitrogens with zero attached hydrogens (tertiary/aromatic N) is 2. The van der Waals surface area contributed by atoms with Gasteiger partial charge < -0.3 is 5.32 Å². The predicted molar refractivity (Wildman–Crippen MR) is 73.4 cm³/mol. The van der Waals surface area contributed by atoms with Gasteiger partial charge in [0.25, 0.3) is 0 Å². The van der Waals surface area contributed by atoms with Gasteiger partial charge in [0.05, 0.1) is 0 Å². The average molecular weight is 281 g/mol. The van der Waals surface area contributed by atoms with Gasteiger partial charge in [0.15, 0.2) is 0 Å². The Balaban J connectivity index is 1.85. The fourth-order valence-electron chi connectivity index (χ4n) is 2.18. The van der Waals surface area contributed by atoms with Gasteiger partial charge >= 0.3 is 0 Å². The van der Waals surface area contributed by atoms with Crippen LogP contribution in [0, 0.1) is 5.92 Å². The molecule has 104 valence electrons. The van der Waals surface area contributed by atoms with Crippen LogP contribution in [0.4, 0.5) is 5.82 Å². The van der Waals surface area contributed by atoms with E-state index < -0.39 is 10.0 Å². The summed E-state index contributed by atoms with van der Waals surface area (Å²) in [7, 11) is -1.61. The molecule has 3 rings (SSSR count). The first kappa shape index (κ1) is 12.9. The highest BCUT2D eigenvalue weighted by Crippen LogP contribution is 2.37. The SMILES string of the molecule is CNc1ccc(S(=O)(=O)N(CC2CC2)C2CC2)cn1. The van der Waals surface area contributed by atoms with Crippen molar-refractivity contribution in [1.29, 1.82) is 0 Å². The topological polar surface area (TPSA) is 62.3 Å². The van der Waals surface area contributed by atoms with Crippen molar-refractivity contribution in [2.45, 2.75) is 36.6 Å². The number of nitrogens with one attached hydrogen (secondary N) is 1. The fourth-order valence-corrected chi connectivity index (χ4v) is 3.88. The van der Waals surface area contributed by atoms with Crippen molar-refractivity contribution in [3.63, 3.8) is 0 Å². The molecule has 1 aromatic rings. The fraction of sp³-hybridized carbons (Fsp3) is 0.615. The summed E-state index contributed by atoms with van der Waals surface area (Å²) in [4.78, 5) is 4.41. The number of hydrogen-bond donors (Lipinski definition) is 1. The van der Waals surface area contributed by atoms with Crippen molar-refractivity contribution in [2.24, 2.45) is 5.92 Å². The van der Waals surface area contributed by atoms with E-state index in [0.29, 0.717) is 23.2 Å². The van der Waals surface area contributed by atoms with Crippen LogP contribution in [0.25, 0.3) is 0 Å². The Kier molecular flexibility index (Phi) is 3.22. The molecule has 0 amide bonds. The number of anilines is 1. The van der Waals surface area contributed by atoms with Crippen LogP contribution in [0.1, 0.15) is 25.7 Å². The second-order valence-corrected chi connectivity index (χ2v) is 7.27. The Hall–Kier alpha value is -1.14. The quantitative estimate of drug-likeness (QED) is 0.862. The predicted octanol–water partition coefficient (Wildman–Crippen LogP) is 1.69. The van der Waals surface area contributed by atoms with Crippen molar-refractivity contribution in [3.8, 4) is 0 Å². The molecule has 2 aliphatic rings. The van der Waals surface area contributed by atoms with Crippen molar-refractivity contribution in [2.75, 3.05) is 18.9 Å². The third kappa shape index (κ3) is 2.74. The molecule has 0 aliphatic heterocycles. The zero-order valence-electron chi connectivity index (χ0n) is 11.0. The molecule has 0 radical (unpaired) electrons. The number of sulfonamides is 1. The Morgan fingerprint density at radius 2 is 2.05 bits per heavy atom. The molecule has 5 nitrogen and oxygen atoms in total. The van der Waals surface area contributed by atoms with Gasteiger partial charge in [-0.15, -0.1) is 0 Å². The summed E-state index contributed by atoms with van der Waals surface area (Å²) in [6, 6.07) is 3.56. The van der Waals surface area contributed by atoms with Gasteiger partial charge in [-0.2, -0.15) is 4.31 Å². The summed E-state index contributed by atoms with van der Waals surface area (Å²) in [5.41, 5.74) is 0. The van der Waals surface area contributed by atoms with E-state index in [1.54, 1.807) is 23.5 Å². The Labute approximate surface area is 114 Å². The lowest BCUT2D eigenvalue weighted by molar-refractivity contribution is 0.388. The van der Waals surface area contributed by atoms with Crippen LogP contribution < -0.4 is 5.32 Å². The molecule has 1 aromatic heterocycles. The van der Waals surface area contributed by atoms with E-state index in [9.17, 15) is 8.42 Å². The standard InChI is InChI=1S/C13H19N3O2S/c1-14-13-7-6-12(8-15-13)19(17,18)16(11-4-5-11)9-10-2-3-10/h6-8,10-11H,2-5,9H2,1H3,(H,14,15). The van der Waals surface area contributed by atoms with Crippen LogP contribution in [0.2, 0.25) is 0 Å². The molecule has 0 aromatic carbocycles. The smallest absolute Gasteiger partial charge is 0.244 e. The third-order valence-corrected chi connectivity index (χ3v) is 5.59. The molecule has 2 fully saturated rings. The highest BCUT2D eigenvalue weighted by atomic mass is 32.2. The maximum absolute atomic E-state index is 12.6. The molecule has 1 N–H and O–H groups in total. The summed E-state index contributed by atoms with van der Waals surface area (Å²) in [5.74, 6) is 1.25. The molecule has 0 bridgehead atoms. The lowest BCUT2D eigenvalue weighted by Crippen LogP contribution is -2.35. The van der Waals surface area contributed by atoms with E-state index >= 15 is 0 Å². The van der Waals surface area contributed by atoms with E-state index in [1.165, 1.54) is 6.20 Å². The molecule has 0 saturated heterocycles. The van der Waals surface area contributed by atoms with Crippen molar-refractivity contribution in [1.82, 2.24) is 9.29 Å². The van der Waals surface area contributed by atoms with E-state index in [1.807, 2.05) is 0 Å².